The molecule has 1 aromatic carbocycles. The van der Waals surface area contributed by atoms with E-state index in [1.54, 1.807) is 6.92 Å². The zero-order valence-corrected chi connectivity index (χ0v) is 11.8. The van der Waals surface area contributed by atoms with Crippen molar-refractivity contribution in [3.05, 3.63) is 57.8 Å². The highest BCUT2D eigenvalue weighted by atomic mass is 16.5. The summed E-state index contributed by atoms with van der Waals surface area (Å²) in [6, 6.07) is 7.54. The van der Waals surface area contributed by atoms with Crippen LogP contribution in [0.25, 0.3) is 11.1 Å². The number of aliphatic hydroxyl groups excluding tert-OH is 1. The summed E-state index contributed by atoms with van der Waals surface area (Å²) in [4.78, 5) is 16.4. The first-order chi connectivity index (χ1) is 10.1. The molecule has 0 bridgehead atoms. The van der Waals surface area contributed by atoms with Crippen LogP contribution in [0.15, 0.2) is 39.9 Å². The minimum Gasteiger partial charge on any atom is -0.387 e. The number of aliphatic hydroxyl groups is 1. The van der Waals surface area contributed by atoms with Crippen molar-refractivity contribution in [3.63, 3.8) is 0 Å². The molecule has 0 aliphatic rings. The fourth-order valence-corrected chi connectivity index (χ4v) is 2.22. The summed E-state index contributed by atoms with van der Waals surface area (Å²) in [7, 11) is 0. The molecule has 21 heavy (non-hydrogen) atoms. The molecule has 108 valence electrons. The van der Waals surface area contributed by atoms with E-state index >= 15 is 0 Å². The van der Waals surface area contributed by atoms with Crippen LogP contribution >= 0.6 is 0 Å². The highest BCUT2D eigenvalue weighted by Crippen LogP contribution is 2.16. The predicted octanol–water partition coefficient (Wildman–Crippen LogP) is 1.73. The topological polar surface area (TPSA) is 81.2 Å². The number of aromatic nitrogens is 3. The van der Waals surface area contributed by atoms with Crippen LogP contribution in [-0.2, 0) is 6.54 Å². The molecule has 6 nitrogen and oxygen atoms in total. The smallest absolute Gasteiger partial charge is 0.266 e. The van der Waals surface area contributed by atoms with E-state index < -0.39 is 6.10 Å². The van der Waals surface area contributed by atoms with E-state index in [9.17, 15) is 9.90 Å². The fourth-order valence-electron chi connectivity index (χ4n) is 2.22. The Morgan fingerprint density at radius 2 is 2.00 bits per heavy atom. The Morgan fingerprint density at radius 1 is 1.29 bits per heavy atom. The molecule has 0 saturated carbocycles. The van der Waals surface area contributed by atoms with E-state index in [0.29, 0.717) is 11.1 Å². The molecule has 0 amide bonds. The minimum atomic E-state index is -0.775. The van der Waals surface area contributed by atoms with Crippen molar-refractivity contribution in [2.24, 2.45) is 0 Å². The average molecular weight is 285 g/mol. The Morgan fingerprint density at radius 3 is 2.71 bits per heavy atom. The molecule has 6 heteroatoms. The number of aryl methyl sites for hydroxylation is 2. The molecule has 2 heterocycles. The first-order valence-corrected chi connectivity index (χ1v) is 6.62. The van der Waals surface area contributed by atoms with Gasteiger partial charge in [-0.2, -0.15) is 0 Å². The van der Waals surface area contributed by atoms with Gasteiger partial charge in [-0.3, -0.25) is 9.36 Å². The van der Waals surface area contributed by atoms with Crippen molar-refractivity contribution < 1.29 is 9.63 Å². The summed E-state index contributed by atoms with van der Waals surface area (Å²) in [5, 5.41) is 14.3. The molecule has 1 N–H and O–H groups in total. The van der Waals surface area contributed by atoms with Crippen molar-refractivity contribution in [1.29, 1.82) is 0 Å². The van der Waals surface area contributed by atoms with Crippen LogP contribution in [0, 0.1) is 13.8 Å². The van der Waals surface area contributed by atoms with Crippen LogP contribution in [0.5, 0.6) is 0 Å². The lowest BCUT2D eigenvalue weighted by molar-refractivity contribution is 0.155. The second-order valence-corrected chi connectivity index (χ2v) is 5.08. The minimum absolute atomic E-state index is 0.134. The maximum atomic E-state index is 12.3. The molecule has 0 aliphatic heterocycles. The molecule has 1 atom stereocenters. The van der Waals surface area contributed by atoms with Gasteiger partial charge in [0.25, 0.3) is 11.3 Å². The van der Waals surface area contributed by atoms with Crippen LogP contribution in [-0.4, -0.2) is 19.8 Å². The Bertz CT molecular complexity index is 833. The molecule has 2 aromatic heterocycles. The lowest BCUT2D eigenvalue weighted by Crippen LogP contribution is -2.23. The van der Waals surface area contributed by atoms with Crippen molar-refractivity contribution in [3.8, 4) is 0 Å². The lowest BCUT2D eigenvalue weighted by Gasteiger charge is -2.12. The van der Waals surface area contributed by atoms with Gasteiger partial charge in [0.2, 0.25) is 0 Å². The molecule has 0 fully saturated rings. The Labute approximate surface area is 120 Å². The SMILES string of the molecule is Cc1ccc(C(O)Cn2cnc3onc(C)c3c2=O)cc1. The van der Waals surface area contributed by atoms with Gasteiger partial charge >= 0.3 is 0 Å². The number of hydrogen-bond donors (Lipinski definition) is 1. The summed E-state index contributed by atoms with van der Waals surface area (Å²) in [6.07, 6.45) is 0.592. The highest BCUT2D eigenvalue weighted by Gasteiger charge is 2.15. The molecule has 0 radical (unpaired) electrons. The third kappa shape index (κ3) is 2.45. The summed E-state index contributed by atoms with van der Waals surface area (Å²) >= 11 is 0. The van der Waals surface area contributed by atoms with Gasteiger partial charge in [0.05, 0.1) is 18.3 Å². The van der Waals surface area contributed by atoms with Crippen LogP contribution in [0.1, 0.15) is 22.9 Å². The summed E-state index contributed by atoms with van der Waals surface area (Å²) in [5.74, 6) is 0. The quantitative estimate of drug-likeness (QED) is 0.792. The third-order valence-electron chi connectivity index (χ3n) is 3.47. The molecule has 1 unspecified atom stereocenters. The normalized spacial score (nSPS) is 12.7. The molecule has 3 rings (SSSR count). The van der Waals surface area contributed by atoms with Gasteiger partial charge in [-0.1, -0.05) is 35.0 Å². The van der Waals surface area contributed by atoms with E-state index in [1.807, 2.05) is 31.2 Å². The predicted molar refractivity (Wildman–Crippen MR) is 76.9 cm³/mol. The monoisotopic (exact) mass is 285 g/mol. The fraction of sp³-hybridized carbons (Fsp3) is 0.267. The average Bonchev–Trinajstić information content (AvgIpc) is 2.85. The standard InChI is InChI=1S/C15H15N3O3/c1-9-3-5-11(6-4-9)12(19)7-18-8-16-14-13(15(18)20)10(2)17-21-14/h3-6,8,12,19H,7H2,1-2H3. The molecule has 3 aromatic rings. The van der Waals surface area contributed by atoms with E-state index in [2.05, 4.69) is 10.1 Å². The van der Waals surface area contributed by atoms with Gasteiger partial charge < -0.3 is 9.63 Å². The highest BCUT2D eigenvalue weighted by molar-refractivity contribution is 5.73. The Hall–Kier alpha value is -2.47. The number of fused-ring (bicyclic) bond motifs is 1. The molecular formula is C15H15N3O3. The van der Waals surface area contributed by atoms with E-state index in [-0.39, 0.29) is 17.8 Å². The molecular weight excluding hydrogens is 270 g/mol. The molecule has 0 aliphatic carbocycles. The van der Waals surface area contributed by atoms with Gasteiger partial charge in [-0.15, -0.1) is 0 Å². The largest absolute Gasteiger partial charge is 0.387 e. The number of benzene rings is 1. The van der Waals surface area contributed by atoms with Gasteiger partial charge in [0.15, 0.2) is 0 Å². The zero-order valence-electron chi connectivity index (χ0n) is 11.8. The Balaban J connectivity index is 1.94. The molecule has 0 spiro atoms. The maximum absolute atomic E-state index is 12.3. The van der Waals surface area contributed by atoms with Crippen LogP contribution in [0.2, 0.25) is 0 Å². The van der Waals surface area contributed by atoms with Crippen LogP contribution in [0.3, 0.4) is 0 Å². The van der Waals surface area contributed by atoms with Crippen LogP contribution in [0.4, 0.5) is 0 Å². The van der Waals surface area contributed by atoms with Crippen molar-refractivity contribution in [2.45, 2.75) is 26.5 Å². The lowest BCUT2D eigenvalue weighted by atomic mass is 10.1. The first-order valence-electron chi connectivity index (χ1n) is 6.62. The number of hydrogen-bond acceptors (Lipinski definition) is 5. The van der Waals surface area contributed by atoms with Gasteiger partial charge in [-0.05, 0) is 19.4 Å². The van der Waals surface area contributed by atoms with Gasteiger partial charge in [-0.25, -0.2) is 4.98 Å². The van der Waals surface area contributed by atoms with E-state index in [4.69, 9.17) is 4.52 Å². The number of nitrogens with zero attached hydrogens (tertiary/aromatic N) is 3. The summed E-state index contributed by atoms with van der Waals surface area (Å²) < 4.78 is 6.32. The second kappa shape index (κ2) is 5.14. The van der Waals surface area contributed by atoms with Crippen molar-refractivity contribution in [1.82, 2.24) is 14.7 Å². The van der Waals surface area contributed by atoms with Crippen molar-refractivity contribution >= 4 is 11.1 Å². The number of rotatable bonds is 3. The Kier molecular flexibility index (Phi) is 3.31. The second-order valence-electron chi connectivity index (χ2n) is 5.08. The van der Waals surface area contributed by atoms with Gasteiger partial charge in [0, 0.05) is 0 Å². The van der Waals surface area contributed by atoms with Crippen molar-refractivity contribution in [2.75, 3.05) is 0 Å². The summed E-state index contributed by atoms with van der Waals surface area (Å²) in [6.45, 7) is 3.80. The van der Waals surface area contributed by atoms with Crippen LogP contribution < -0.4 is 5.56 Å². The maximum Gasteiger partial charge on any atom is 0.266 e. The summed E-state index contributed by atoms with van der Waals surface area (Å²) in [5.41, 5.74) is 2.34. The first kappa shape index (κ1) is 13.5. The zero-order chi connectivity index (χ0) is 15.0. The third-order valence-corrected chi connectivity index (χ3v) is 3.47. The van der Waals surface area contributed by atoms with E-state index in [0.717, 1.165) is 11.1 Å². The van der Waals surface area contributed by atoms with Gasteiger partial charge in [0.1, 0.15) is 11.7 Å². The molecule has 0 saturated heterocycles. The van der Waals surface area contributed by atoms with E-state index in [1.165, 1.54) is 10.9 Å².